The largest absolute Gasteiger partial charge is 0.211 e. The molecule has 4 aliphatic rings. The second-order valence-corrected chi connectivity index (χ2v) is 12.9. The second-order valence-electron chi connectivity index (χ2n) is 12.9. The van der Waals surface area contributed by atoms with Crippen molar-refractivity contribution in [2.75, 3.05) is 0 Å². The van der Waals surface area contributed by atoms with Crippen molar-refractivity contribution in [2.45, 2.75) is 84.0 Å². The van der Waals surface area contributed by atoms with Crippen LogP contribution in [0.1, 0.15) is 81.4 Å². The third-order valence-electron chi connectivity index (χ3n) is 10.1. The maximum atomic E-state index is 14.2. The van der Waals surface area contributed by atoms with E-state index in [1.54, 1.807) is 17.2 Å². The van der Waals surface area contributed by atoms with E-state index in [0.29, 0.717) is 17.8 Å². The Hall–Kier alpha value is -2.41. The second kappa shape index (κ2) is 11.8. The molecule has 0 aromatic heterocycles. The molecule has 200 valence electrons. The van der Waals surface area contributed by atoms with Gasteiger partial charge in [0.25, 0.3) is 0 Å². The molecule has 2 fully saturated rings. The Morgan fingerprint density at radius 1 is 0.684 bits per heavy atom. The third-order valence-corrected chi connectivity index (χ3v) is 10.1. The Morgan fingerprint density at radius 3 is 2.16 bits per heavy atom. The summed E-state index contributed by atoms with van der Waals surface area (Å²) < 4.78 is 14.2. The average Bonchev–Trinajstić information content (AvgIpc) is 3.75. The number of rotatable bonds is 10. The van der Waals surface area contributed by atoms with Crippen molar-refractivity contribution in [2.24, 2.45) is 35.5 Å². The normalized spacial score (nSPS) is 30.0. The van der Waals surface area contributed by atoms with E-state index in [9.17, 15) is 4.39 Å². The van der Waals surface area contributed by atoms with Gasteiger partial charge in [-0.25, -0.2) is 4.39 Å². The summed E-state index contributed by atoms with van der Waals surface area (Å²) in [6, 6.07) is 20.5. The van der Waals surface area contributed by atoms with Gasteiger partial charge in [0.2, 0.25) is 0 Å². The molecule has 0 spiro atoms. The summed E-state index contributed by atoms with van der Waals surface area (Å²) in [5.41, 5.74) is 7.75. The quantitative estimate of drug-likeness (QED) is 0.221. The number of benzene rings is 2. The van der Waals surface area contributed by atoms with E-state index in [-0.39, 0.29) is 11.7 Å². The third kappa shape index (κ3) is 5.93. The van der Waals surface area contributed by atoms with Gasteiger partial charge in [-0.3, -0.25) is 0 Å². The van der Waals surface area contributed by atoms with Crippen molar-refractivity contribution in [3.05, 3.63) is 106 Å². The van der Waals surface area contributed by atoms with Crippen molar-refractivity contribution in [3.63, 3.8) is 0 Å². The summed E-state index contributed by atoms with van der Waals surface area (Å²) in [6.07, 6.45) is 21.6. The van der Waals surface area contributed by atoms with Gasteiger partial charge in [0.1, 0.15) is 5.83 Å². The van der Waals surface area contributed by atoms with Crippen molar-refractivity contribution in [1.29, 1.82) is 0 Å². The molecular weight excluding hydrogens is 463 g/mol. The molecular formula is C37H45F. The maximum Gasteiger partial charge on any atom is 0.104 e. The first-order chi connectivity index (χ1) is 18.7. The molecule has 0 bridgehead atoms. The van der Waals surface area contributed by atoms with E-state index < -0.39 is 0 Å². The number of fused-ring (bicyclic) bond motifs is 2. The maximum absolute atomic E-state index is 14.2. The van der Waals surface area contributed by atoms with Gasteiger partial charge in [-0.05, 0) is 117 Å². The minimum atomic E-state index is 0.126. The fraction of sp³-hybridized carbons (Fsp3) is 0.514. The molecule has 2 aromatic rings. The van der Waals surface area contributed by atoms with Crippen LogP contribution in [-0.4, -0.2) is 0 Å². The van der Waals surface area contributed by atoms with Crippen LogP contribution in [0, 0.1) is 35.5 Å². The highest BCUT2D eigenvalue weighted by Crippen LogP contribution is 2.58. The molecule has 0 amide bonds. The zero-order valence-corrected chi connectivity index (χ0v) is 23.3. The molecule has 2 saturated carbocycles. The van der Waals surface area contributed by atoms with Gasteiger partial charge < -0.3 is 0 Å². The zero-order valence-electron chi connectivity index (χ0n) is 23.3. The van der Waals surface area contributed by atoms with Crippen molar-refractivity contribution in [3.8, 4) is 0 Å². The number of aryl methyl sites for hydroxylation is 2. The SMILES string of the molecule is CC1CC=C2C(CCC(C3=CC=C(F)C4CC34)C2Cc2ccc(CCCCCCc3ccccc3)cc2)C1. The van der Waals surface area contributed by atoms with Gasteiger partial charge >= 0.3 is 0 Å². The smallest absolute Gasteiger partial charge is 0.104 e. The van der Waals surface area contributed by atoms with Crippen LogP contribution in [0.2, 0.25) is 0 Å². The topological polar surface area (TPSA) is 0 Å². The van der Waals surface area contributed by atoms with Gasteiger partial charge in [-0.2, -0.15) is 0 Å². The summed E-state index contributed by atoms with van der Waals surface area (Å²) >= 11 is 0. The van der Waals surface area contributed by atoms with E-state index >= 15 is 0 Å². The fourth-order valence-corrected chi connectivity index (χ4v) is 7.88. The molecule has 38 heavy (non-hydrogen) atoms. The average molecular weight is 509 g/mol. The Bertz CT molecular complexity index is 1170. The molecule has 0 aliphatic heterocycles. The monoisotopic (exact) mass is 508 g/mol. The van der Waals surface area contributed by atoms with Gasteiger partial charge in [0.15, 0.2) is 0 Å². The molecule has 0 heterocycles. The fourth-order valence-electron chi connectivity index (χ4n) is 7.88. The van der Waals surface area contributed by atoms with Crippen LogP contribution in [0.3, 0.4) is 0 Å². The van der Waals surface area contributed by atoms with E-state index in [1.165, 1.54) is 80.9 Å². The van der Waals surface area contributed by atoms with Crippen LogP contribution in [0.15, 0.2) is 89.8 Å². The number of halogens is 1. The first kappa shape index (κ1) is 25.8. The molecule has 2 aromatic carbocycles. The van der Waals surface area contributed by atoms with E-state index in [4.69, 9.17) is 0 Å². The molecule has 0 saturated heterocycles. The minimum Gasteiger partial charge on any atom is -0.211 e. The predicted octanol–water partition coefficient (Wildman–Crippen LogP) is 10.0. The number of unbranched alkanes of at least 4 members (excludes halogenated alkanes) is 3. The Kier molecular flexibility index (Phi) is 8.00. The lowest BCUT2D eigenvalue weighted by Crippen LogP contribution is -2.34. The number of allylic oxidation sites excluding steroid dienone is 6. The van der Waals surface area contributed by atoms with E-state index in [0.717, 1.165) is 24.7 Å². The zero-order chi connectivity index (χ0) is 25.9. The van der Waals surface area contributed by atoms with Crippen LogP contribution in [-0.2, 0) is 19.3 Å². The van der Waals surface area contributed by atoms with E-state index in [1.807, 2.05) is 0 Å². The Labute approximate surface area is 230 Å². The van der Waals surface area contributed by atoms with Gasteiger partial charge in [0, 0.05) is 5.92 Å². The highest BCUT2D eigenvalue weighted by Gasteiger charge is 2.49. The molecule has 6 rings (SSSR count). The molecule has 1 heteroatoms. The van der Waals surface area contributed by atoms with Gasteiger partial charge in [0.05, 0.1) is 0 Å². The molecule has 0 N–H and O–H groups in total. The minimum absolute atomic E-state index is 0.126. The lowest BCUT2D eigenvalue weighted by atomic mass is 9.61. The van der Waals surface area contributed by atoms with Crippen molar-refractivity contribution >= 4 is 0 Å². The molecule has 4 aliphatic carbocycles. The Balaban J connectivity index is 1.06. The van der Waals surface area contributed by atoms with Gasteiger partial charge in [-0.1, -0.05) is 97.7 Å². The lowest BCUT2D eigenvalue weighted by Gasteiger charge is -2.43. The molecule has 0 nitrogen and oxygen atoms in total. The van der Waals surface area contributed by atoms with E-state index in [2.05, 4.69) is 73.7 Å². The van der Waals surface area contributed by atoms with Crippen LogP contribution < -0.4 is 0 Å². The summed E-state index contributed by atoms with van der Waals surface area (Å²) in [7, 11) is 0. The Morgan fingerprint density at radius 2 is 1.39 bits per heavy atom. The standard InChI is InChI=1S/C37H45F/c1-26-13-19-31-30(23-26)18-20-32(33-21-22-37(38)36-25-35(33)36)34(31)24-29-16-14-28(15-17-29)12-6-3-2-5-9-27-10-7-4-8-11-27/h4,7-8,10-11,14-17,19,21-22,26,30,32,34-36H,2-3,5-6,9,12-13,18,20,23-25H2,1H3. The summed E-state index contributed by atoms with van der Waals surface area (Å²) in [5.74, 6) is 3.60. The predicted molar refractivity (Wildman–Crippen MR) is 158 cm³/mol. The number of hydrogen-bond acceptors (Lipinski definition) is 0. The van der Waals surface area contributed by atoms with Crippen LogP contribution in [0.4, 0.5) is 4.39 Å². The molecule has 0 radical (unpaired) electrons. The van der Waals surface area contributed by atoms with Crippen molar-refractivity contribution in [1.82, 2.24) is 0 Å². The lowest BCUT2D eigenvalue weighted by molar-refractivity contribution is 0.240. The summed E-state index contributed by atoms with van der Waals surface area (Å²) in [5, 5.41) is 0. The first-order valence-electron chi connectivity index (χ1n) is 15.5. The first-order valence-corrected chi connectivity index (χ1v) is 15.5. The highest BCUT2D eigenvalue weighted by atomic mass is 19.1. The molecule has 6 atom stereocenters. The van der Waals surface area contributed by atoms with Gasteiger partial charge in [-0.15, -0.1) is 0 Å². The van der Waals surface area contributed by atoms with Crippen molar-refractivity contribution < 1.29 is 4.39 Å². The summed E-state index contributed by atoms with van der Waals surface area (Å²) in [4.78, 5) is 0. The number of hydrogen-bond donors (Lipinski definition) is 0. The van der Waals surface area contributed by atoms with Crippen LogP contribution in [0.25, 0.3) is 0 Å². The van der Waals surface area contributed by atoms with Crippen LogP contribution >= 0.6 is 0 Å². The summed E-state index contributed by atoms with van der Waals surface area (Å²) in [6.45, 7) is 2.42. The van der Waals surface area contributed by atoms with Crippen LogP contribution in [0.5, 0.6) is 0 Å². The highest BCUT2D eigenvalue weighted by molar-refractivity contribution is 5.38. The molecule has 6 unspecified atom stereocenters.